The zero-order valence-corrected chi connectivity index (χ0v) is 12.1. The van der Waals surface area contributed by atoms with E-state index in [-0.39, 0.29) is 6.61 Å². The highest BCUT2D eigenvalue weighted by molar-refractivity contribution is 9.10. The molecule has 0 unspecified atom stereocenters. The van der Waals surface area contributed by atoms with Crippen molar-refractivity contribution in [2.45, 2.75) is 6.10 Å². The second kappa shape index (κ2) is 6.59. The van der Waals surface area contributed by atoms with Crippen LogP contribution >= 0.6 is 15.9 Å². The lowest BCUT2D eigenvalue weighted by Gasteiger charge is -2.19. The second-order valence-electron chi connectivity index (χ2n) is 3.99. The molecule has 0 spiro atoms. The monoisotopic (exact) mass is 322 g/mol. The third-order valence-corrected chi connectivity index (χ3v) is 3.23. The van der Waals surface area contributed by atoms with Crippen molar-refractivity contribution in [3.8, 4) is 11.5 Å². The molecule has 0 bridgehead atoms. The van der Waals surface area contributed by atoms with Crippen LogP contribution in [0.25, 0.3) is 0 Å². The Hall–Kier alpha value is -1.52. The number of aliphatic hydroxyl groups excluding tert-OH is 1. The number of methoxy groups -OCH3 is 1. The molecule has 0 aliphatic heterocycles. The molecule has 2 aromatic rings. The van der Waals surface area contributed by atoms with E-state index in [2.05, 4.69) is 15.9 Å². The molecule has 19 heavy (non-hydrogen) atoms. The molecule has 0 amide bonds. The summed E-state index contributed by atoms with van der Waals surface area (Å²) in [5.74, 6) is 1.23. The SMILES string of the molecule is COc1ccc(Br)cc1O[C@@H](CO)c1ccccc1. The fourth-order valence-corrected chi connectivity index (χ4v) is 2.11. The molecule has 0 aliphatic rings. The molecule has 4 heteroatoms. The summed E-state index contributed by atoms with van der Waals surface area (Å²) in [5, 5.41) is 9.50. The first kappa shape index (κ1) is 13.9. The van der Waals surface area contributed by atoms with E-state index in [0.29, 0.717) is 11.5 Å². The van der Waals surface area contributed by atoms with Gasteiger partial charge in [-0.15, -0.1) is 0 Å². The molecule has 0 saturated heterocycles. The van der Waals surface area contributed by atoms with E-state index in [9.17, 15) is 5.11 Å². The Balaban J connectivity index is 2.26. The van der Waals surface area contributed by atoms with Gasteiger partial charge in [0.05, 0.1) is 13.7 Å². The van der Waals surface area contributed by atoms with Crippen LogP contribution in [0.15, 0.2) is 53.0 Å². The Morgan fingerprint density at radius 1 is 1.11 bits per heavy atom. The number of aliphatic hydroxyl groups is 1. The highest BCUT2D eigenvalue weighted by atomic mass is 79.9. The van der Waals surface area contributed by atoms with E-state index in [4.69, 9.17) is 9.47 Å². The van der Waals surface area contributed by atoms with Crippen molar-refractivity contribution in [2.24, 2.45) is 0 Å². The maximum atomic E-state index is 9.50. The first-order valence-electron chi connectivity index (χ1n) is 5.90. The lowest BCUT2D eigenvalue weighted by Crippen LogP contribution is -2.12. The molecular formula is C15H15BrO3. The number of hydrogen-bond donors (Lipinski definition) is 1. The molecule has 2 aromatic carbocycles. The zero-order valence-electron chi connectivity index (χ0n) is 10.5. The lowest BCUT2D eigenvalue weighted by molar-refractivity contribution is 0.113. The maximum absolute atomic E-state index is 9.50. The van der Waals surface area contributed by atoms with Crippen LogP contribution in [0.1, 0.15) is 11.7 Å². The summed E-state index contributed by atoms with van der Waals surface area (Å²) in [5.41, 5.74) is 0.923. The molecule has 0 radical (unpaired) electrons. The zero-order chi connectivity index (χ0) is 13.7. The molecule has 0 aliphatic carbocycles. The first-order chi connectivity index (χ1) is 9.24. The van der Waals surface area contributed by atoms with E-state index in [1.807, 2.05) is 48.5 Å². The molecule has 0 aromatic heterocycles. The molecule has 0 saturated carbocycles. The third-order valence-electron chi connectivity index (χ3n) is 2.73. The van der Waals surface area contributed by atoms with Gasteiger partial charge in [-0.25, -0.2) is 0 Å². The van der Waals surface area contributed by atoms with E-state index in [1.54, 1.807) is 7.11 Å². The van der Waals surface area contributed by atoms with Gasteiger partial charge in [-0.3, -0.25) is 0 Å². The van der Waals surface area contributed by atoms with Crippen molar-refractivity contribution in [3.05, 3.63) is 58.6 Å². The van der Waals surface area contributed by atoms with Gasteiger partial charge >= 0.3 is 0 Å². The Morgan fingerprint density at radius 3 is 2.47 bits per heavy atom. The van der Waals surface area contributed by atoms with Crippen molar-refractivity contribution in [1.29, 1.82) is 0 Å². The van der Waals surface area contributed by atoms with E-state index < -0.39 is 6.10 Å². The second-order valence-corrected chi connectivity index (χ2v) is 4.91. The number of halogens is 1. The van der Waals surface area contributed by atoms with Crippen LogP contribution in [0.4, 0.5) is 0 Å². The van der Waals surface area contributed by atoms with Crippen LogP contribution in [0.3, 0.4) is 0 Å². The Morgan fingerprint density at radius 2 is 1.84 bits per heavy atom. The van der Waals surface area contributed by atoms with Gasteiger partial charge < -0.3 is 14.6 Å². The minimum absolute atomic E-state index is 0.0975. The minimum atomic E-state index is -0.413. The molecule has 100 valence electrons. The van der Waals surface area contributed by atoms with E-state index in [0.717, 1.165) is 10.0 Å². The quantitative estimate of drug-likeness (QED) is 0.914. The van der Waals surface area contributed by atoms with Crippen molar-refractivity contribution in [3.63, 3.8) is 0 Å². The first-order valence-corrected chi connectivity index (χ1v) is 6.70. The number of rotatable bonds is 5. The molecule has 1 atom stereocenters. The Labute approximate surface area is 120 Å². The average molecular weight is 323 g/mol. The normalized spacial score (nSPS) is 11.9. The highest BCUT2D eigenvalue weighted by Gasteiger charge is 2.15. The van der Waals surface area contributed by atoms with Crippen molar-refractivity contribution in [1.82, 2.24) is 0 Å². The molecule has 0 heterocycles. The van der Waals surface area contributed by atoms with Gasteiger partial charge in [-0.05, 0) is 23.8 Å². The summed E-state index contributed by atoms with van der Waals surface area (Å²) >= 11 is 3.40. The van der Waals surface area contributed by atoms with Gasteiger partial charge in [0, 0.05) is 4.47 Å². The van der Waals surface area contributed by atoms with Crippen LogP contribution in [0.2, 0.25) is 0 Å². The fourth-order valence-electron chi connectivity index (χ4n) is 1.77. The summed E-state index contributed by atoms with van der Waals surface area (Å²) in [6.07, 6.45) is -0.413. The van der Waals surface area contributed by atoms with Crippen molar-refractivity contribution in [2.75, 3.05) is 13.7 Å². The third kappa shape index (κ3) is 3.49. The van der Waals surface area contributed by atoms with E-state index in [1.165, 1.54) is 0 Å². The summed E-state index contributed by atoms with van der Waals surface area (Å²) in [7, 11) is 1.59. The topological polar surface area (TPSA) is 38.7 Å². The molecule has 2 rings (SSSR count). The standard InChI is InChI=1S/C15H15BrO3/c1-18-13-8-7-12(16)9-14(13)19-15(10-17)11-5-3-2-4-6-11/h2-9,15,17H,10H2,1H3/t15-/m0/s1. The predicted octanol–water partition coefficient (Wildman–Crippen LogP) is 3.57. The van der Waals surface area contributed by atoms with Gasteiger partial charge in [-0.1, -0.05) is 46.3 Å². The van der Waals surface area contributed by atoms with E-state index >= 15 is 0 Å². The average Bonchev–Trinajstić information content (AvgIpc) is 2.46. The highest BCUT2D eigenvalue weighted by Crippen LogP contribution is 2.33. The van der Waals surface area contributed by atoms with Gasteiger partial charge in [0.15, 0.2) is 11.5 Å². The number of ether oxygens (including phenoxy) is 2. The lowest BCUT2D eigenvalue weighted by atomic mass is 10.1. The smallest absolute Gasteiger partial charge is 0.163 e. The van der Waals surface area contributed by atoms with Crippen LogP contribution in [0, 0.1) is 0 Å². The molecule has 3 nitrogen and oxygen atoms in total. The minimum Gasteiger partial charge on any atom is -0.493 e. The molecular weight excluding hydrogens is 308 g/mol. The van der Waals surface area contributed by atoms with Crippen LogP contribution in [0.5, 0.6) is 11.5 Å². The summed E-state index contributed by atoms with van der Waals surface area (Å²) in [6.45, 7) is -0.0975. The van der Waals surface area contributed by atoms with Gasteiger partial charge in [0.25, 0.3) is 0 Å². The van der Waals surface area contributed by atoms with Crippen LogP contribution in [-0.4, -0.2) is 18.8 Å². The molecule has 1 N–H and O–H groups in total. The van der Waals surface area contributed by atoms with Gasteiger partial charge in [0.1, 0.15) is 6.10 Å². The van der Waals surface area contributed by atoms with Crippen molar-refractivity contribution >= 4 is 15.9 Å². The van der Waals surface area contributed by atoms with Crippen LogP contribution in [-0.2, 0) is 0 Å². The largest absolute Gasteiger partial charge is 0.493 e. The summed E-state index contributed by atoms with van der Waals surface area (Å²) in [6, 6.07) is 15.1. The maximum Gasteiger partial charge on any atom is 0.163 e. The predicted molar refractivity (Wildman–Crippen MR) is 77.6 cm³/mol. The molecule has 0 fully saturated rings. The summed E-state index contributed by atoms with van der Waals surface area (Å²) < 4.78 is 12.0. The Bertz CT molecular complexity index is 528. The Kier molecular flexibility index (Phi) is 4.82. The van der Waals surface area contributed by atoms with Crippen molar-refractivity contribution < 1.29 is 14.6 Å². The number of hydrogen-bond acceptors (Lipinski definition) is 3. The van der Waals surface area contributed by atoms with Gasteiger partial charge in [0.2, 0.25) is 0 Å². The van der Waals surface area contributed by atoms with Gasteiger partial charge in [-0.2, -0.15) is 0 Å². The number of benzene rings is 2. The summed E-state index contributed by atoms with van der Waals surface area (Å²) in [4.78, 5) is 0. The van der Waals surface area contributed by atoms with Crippen LogP contribution < -0.4 is 9.47 Å². The fraction of sp³-hybridized carbons (Fsp3) is 0.200.